The summed E-state index contributed by atoms with van der Waals surface area (Å²) in [6, 6.07) is 63.4. The van der Waals surface area contributed by atoms with E-state index in [2.05, 4.69) is 170 Å². The van der Waals surface area contributed by atoms with Crippen molar-refractivity contribution in [2.45, 2.75) is 19.3 Å². The van der Waals surface area contributed by atoms with Gasteiger partial charge in [0.15, 0.2) is 0 Å². The molecule has 0 radical (unpaired) electrons. The molecule has 0 amide bonds. The molecule has 0 saturated heterocycles. The molecule has 286 valence electrons. The van der Waals surface area contributed by atoms with Crippen LogP contribution in [0.2, 0.25) is 0 Å². The molecule has 0 N–H and O–H groups in total. The molecule has 0 atom stereocenters. The van der Waals surface area contributed by atoms with Gasteiger partial charge in [-0.25, -0.2) is 0 Å². The van der Waals surface area contributed by atoms with Crippen molar-refractivity contribution in [3.05, 3.63) is 187 Å². The molecule has 13 aromatic rings. The van der Waals surface area contributed by atoms with Crippen LogP contribution in [0.5, 0.6) is 0 Å². The van der Waals surface area contributed by atoms with Crippen LogP contribution in [-0.2, 0) is 5.41 Å². The van der Waals surface area contributed by atoms with Crippen molar-refractivity contribution in [3.8, 4) is 39.1 Å². The summed E-state index contributed by atoms with van der Waals surface area (Å²) in [7, 11) is 0. The summed E-state index contributed by atoms with van der Waals surface area (Å²) in [5.74, 6) is 0. The first-order valence-electron chi connectivity index (χ1n) is 21.0. The van der Waals surface area contributed by atoms with Gasteiger partial charge >= 0.3 is 0 Å². The van der Waals surface area contributed by atoms with Gasteiger partial charge in [-0.1, -0.05) is 123 Å². The predicted octanol–water partition coefficient (Wildman–Crippen LogP) is 16.1. The Hall–Kier alpha value is -7.82. The molecule has 4 nitrogen and oxygen atoms in total. The minimum absolute atomic E-state index is 0.228. The molecular weight excluding hydrogens is 747 g/mol. The van der Waals surface area contributed by atoms with Crippen LogP contribution in [0.3, 0.4) is 0 Å². The van der Waals surface area contributed by atoms with Crippen LogP contribution in [0.4, 0.5) is 0 Å². The summed E-state index contributed by atoms with van der Waals surface area (Å²) in [5.41, 5.74) is 18.3. The Bertz CT molecular complexity index is 4030. The molecule has 4 heterocycles. The maximum atomic E-state index is 6.63. The predicted molar refractivity (Wildman–Crippen MR) is 251 cm³/mol. The number of furan rings is 3. The molecule has 1 aliphatic rings. The van der Waals surface area contributed by atoms with Crippen LogP contribution in [0, 0.1) is 0 Å². The van der Waals surface area contributed by atoms with Gasteiger partial charge in [-0.2, -0.15) is 0 Å². The fraction of sp³-hybridized carbons (Fsp3) is 0.0526. The van der Waals surface area contributed by atoms with E-state index in [0.717, 1.165) is 105 Å². The Morgan fingerprint density at radius 2 is 0.918 bits per heavy atom. The molecule has 0 spiro atoms. The summed E-state index contributed by atoms with van der Waals surface area (Å²) in [4.78, 5) is 0. The number of benzene rings is 9. The van der Waals surface area contributed by atoms with Gasteiger partial charge in [0, 0.05) is 65.3 Å². The van der Waals surface area contributed by atoms with Gasteiger partial charge in [0.1, 0.15) is 33.5 Å². The van der Waals surface area contributed by atoms with E-state index in [1.165, 1.54) is 33.0 Å². The highest BCUT2D eigenvalue weighted by molar-refractivity contribution is 6.15. The Morgan fingerprint density at radius 3 is 1.66 bits per heavy atom. The Kier molecular flexibility index (Phi) is 6.33. The number of para-hydroxylation sites is 4. The monoisotopic (exact) mass is 781 g/mol. The molecule has 1 aliphatic carbocycles. The zero-order valence-electron chi connectivity index (χ0n) is 33.4. The normalized spacial score (nSPS) is 13.5. The largest absolute Gasteiger partial charge is 0.456 e. The third kappa shape index (κ3) is 4.43. The molecule has 0 fully saturated rings. The number of fused-ring (bicyclic) bond motifs is 16. The van der Waals surface area contributed by atoms with E-state index in [1.807, 2.05) is 24.3 Å². The molecular formula is C57H35NO3. The minimum atomic E-state index is -0.228. The number of nitrogens with zero attached hydrogens (tertiary/aromatic N) is 1. The number of hydrogen-bond acceptors (Lipinski definition) is 3. The third-order valence-corrected chi connectivity index (χ3v) is 13.6. The zero-order valence-corrected chi connectivity index (χ0v) is 33.4. The van der Waals surface area contributed by atoms with Crippen molar-refractivity contribution in [2.24, 2.45) is 0 Å². The van der Waals surface area contributed by atoms with Crippen LogP contribution in [0.1, 0.15) is 25.0 Å². The zero-order chi connectivity index (χ0) is 40.1. The Morgan fingerprint density at radius 1 is 0.361 bits per heavy atom. The highest BCUT2D eigenvalue weighted by Crippen LogP contribution is 2.53. The maximum Gasteiger partial charge on any atom is 0.143 e. The molecule has 14 rings (SSSR count). The lowest BCUT2D eigenvalue weighted by Gasteiger charge is -2.22. The molecule has 9 aromatic carbocycles. The first-order valence-corrected chi connectivity index (χ1v) is 21.0. The smallest absolute Gasteiger partial charge is 0.143 e. The first-order chi connectivity index (χ1) is 30.0. The SMILES string of the molecule is CC1(C)c2cc(-n3c4ccc(-c5ccc6oc7ccccc7c6c5)cc4c4cc(-c5cccc6c5oc5ccccc56)ccc43)ccc2-c2c1ccc1c2oc2ccccc21. The molecule has 0 aliphatic heterocycles. The van der Waals surface area contributed by atoms with Gasteiger partial charge in [0.05, 0.1) is 11.0 Å². The Labute approximate surface area is 349 Å². The average molecular weight is 782 g/mol. The fourth-order valence-electron chi connectivity index (χ4n) is 10.7. The lowest BCUT2D eigenvalue weighted by atomic mass is 9.82. The molecule has 0 saturated carbocycles. The van der Waals surface area contributed by atoms with Crippen LogP contribution in [0.15, 0.2) is 189 Å². The molecule has 0 unspecified atom stereocenters. The highest BCUT2D eigenvalue weighted by atomic mass is 16.3. The van der Waals surface area contributed by atoms with Crippen molar-refractivity contribution in [3.63, 3.8) is 0 Å². The van der Waals surface area contributed by atoms with E-state index in [9.17, 15) is 0 Å². The van der Waals surface area contributed by atoms with E-state index in [-0.39, 0.29) is 5.41 Å². The average Bonchev–Trinajstić information content (AvgIpc) is 4.10. The van der Waals surface area contributed by atoms with E-state index in [0.29, 0.717) is 0 Å². The van der Waals surface area contributed by atoms with E-state index >= 15 is 0 Å². The van der Waals surface area contributed by atoms with Crippen molar-refractivity contribution in [1.82, 2.24) is 4.57 Å². The molecule has 61 heavy (non-hydrogen) atoms. The van der Waals surface area contributed by atoms with Crippen molar-refractivity contribution in [2.75, 3.05) is 0 Å². The van der Waals surface area contributed by atoms with Gasteiger partial charge in [-0.15, -0.1) is 0 Å². The highest BCUT2D eigenvalue weighted by Gasteiger charge is 2.38. The summed E-state index contributed by atoms with van der Waals surface area (Å²) in [5, 5.41) is 9.20. The second kappa shape index (κ2) is 11.7. The second-order valence-corrected chi connectivity index (χ2v) is 17.2. The van der Waals surface area contributed by atoms with Crippen LogP contribution < -0.4 is 0 Å². The standard InChI is InChI=1S/C57H35NO3/c1-57(2)46-24-23-41-38-11-4-8-17-52(38)61-56(41)54(46)42-22-21-35(31-47(42)57)58-48-25-18-32(33-20-27-53-45(29-33)39-12-5-6-15-50(39)59-53)28-43(48)44-30-34(19-26-49(44)58)36-13-9-14-40-37-10-3-7-16-51(37)60-55(36)40/h3-31H,1-2H3. The lowest BCUT2D eigenvalue weighted by Crippen LogP contribution is -2.15. The van der Waals surface area contributed by atoms with Gasteiger partial charge in [0.25, 0.3) is 0 Å². The van der Waals surface area contributed by atoms with Crippen molar-refractivity contribution >= 4 is 87.6 Å². The first kappa shape index (κ1) is 33.1. The summed E-state index contributed by atoms with van der Waals surface area (Å²) >= 11 is 0. The van der Waals surface area contributed by atoms with Gasteiger partial charge in [0.2, 0.25) is 0 Å². The van der Waals surface area contributed by atoms with E-state index in [4.69, 9.17) is 13.3 Å². The summed E-state index contributed by atoms with van der Waals surface area (Å²) < 4.78 is 21.8. The second-order valence-electron chi connectivity index (χ2n) is 17.2. The quantitative estimate of drug-likeness (QED) is 0.179. The summed E-state index contributed by atoms with van der Waals surface area (Å²) in [6.07, 6.45) is 0. The molecule has 4 heteroatoms. The fourth-order valence-corrected chi connectivity index (χ4v) is 10.7. The molecule has 4 aromatic heterocycles. The van der Waals surface area contributed by atoms with Crippen molar-refractivity contribution < 1.29 is 13.3 Å². The third-order valence-electron chi connectivity index (χ3n) is 13.6. The number of aromatic nitrogens is 1. The van der Waals surface area contributed by atoms with E-state index in [1.54, 1.807) is 0 Å². The van der Waals surface area contributed by atoms with Gasteiger partial charge in [-0.05, 0) is 100 Å². The van der Waals surface area contributed by atoms with E-state index < -0.39 is 0 Å². The van der Waals surface area contributed by atoms with Crippen molar-refractivity contribution in [1.29, 1.82) is 0 Å². The van der Waals surface area contributed by atoms with Crippen LogP contribution in [-0.4, -0.2) is 4.57 Å². The number of hydrogen-bond donors (Lipinski definition) is 0. The van der Waals surface area contributed by atoms with Gasteiger partial charge < -0.3 is 17.8 Å². The Balaban J connectivity index is 0.999. The van der Waals surface area contributed by atoms with Gasteiger partial charge in [-0.3, -0.25) is 0 Å². The lowest BCUT2D eigenvalue weighted by molar-refractivity contribution is 0.653. The number of rotatable bonds is 3. The molecule has 0 bridgehead atoms. The van der Waals surface area contributed by atoms with Crippen LogP contribution >= 0.6 is 0 Å². The maximum absolute atomic E-state index is 6.63. The van der Waals surface area contributed by atoms with Crippen LogP contribution in [0.25, 0.3) is 127 Å². The topological polar surface area (TPSA) is 44.4 Å². The minimum Gasteiger partial charge on any atom is -0.456 e. The summed E-state index contributed by atoms with van der Waals surface area (Å²) in [6.45, 7) is 4.69.